The first-order valence-corrected chi connectivity index (χ1v) is 8.87. The van der Waals surface area contributed by atoms with Gasteiger partial charge in [-0.25, -0.2) is 0 Å². The first-order valence-electron chi connectivity index (χ1n) is 6.47. The van der Waals surface area contributed by atoms with Crippen molar-refractivity contribution in [2.75, 3.05) is 7.05 Å². The van der Waals surface area contributed by atoms with Gasteiger partial charge in [-0.05, 0) is 75.2 Å². The summed E-state index contributed by atoms with van der Waals surface area (Å²) >= 11 is 8.97. The number of nitrogens with one attached hydrogen (secondary N) is 1. The molecular formula is C15H17Br2NOS. The van der Waals surface area contributed by atoms with Crippen molar-refractivity contribution in [2.24, 2.45) is 0 Å². The minimum Gasteiger partial charge on any atom is -0.486 e. The molecule has 2 rings (SSSR count). The van der Waals surface area contributed by atoms with E-state index in [0.717, 1.165) is 27.7 Å². The van der Waals surface area contributed by atoms with Gasteiger partial charge in [0.1, 0.15) is 12.4 Å². The summed E-state index contributed by atoms with van der Waals surface area (Å²) in [6.45, 7) is 3.61. The SMILES string of the molecule is CCc1ccc(COc2c(Br)cc(CNC)cc2Br)s1. The van der Waals surface area contributed by atoms with Gasteiger partial charge in [-0.1, -0.05) is 6.92 Å². The normalized spacial score (nSPS) is 10.8. The lowest BCUT2D eigenvalue weighted by Crippen LogP contribution is -2.05. The molecule has 2 nitrogen and oxygen atoms in total. The molecule has 1 aromatic carbocycles. The number of thiophene rings is 1. The van der Waals surface area contributed by atoms with Gasteiger partial charge < -0.3 is 10.1 Å². The van der Waals surface area contributed by atoms with Crippen molar-refractivity contribution in [1.29, 1.82) is 0 Å². The summed E-state index contributed by atoms with van der Waals surface area (Å²) in [5, 5.41) is 3.14. The van der Waals surface area contributed by atoms with Crippen LogP contribution >= 0.6 is 43.2 Å². The molecule has 0 aliphatic rings. The highest BCUT2D eigenvalue weighted by Gasteiger charge is 2.10. The molecule has 108 valence electrons. The lowest BCUT2D eigenvalue weighted by molar-refractivity contribution is 0.305. The first-order chi connectivity index (χ1) is 9.63. The van der Waals surface area contributed by atoms with Crippen molar-refractivity contribution in [2.45, 2.75) is 26.5 Å². The van der Waals surface area contributed by atoms with E-state index >= 15 is 0 Å². The molecule has 0 fully saturated rings. The van der Waals surface area contributed by atoms with Crippen LogP contribution in [0.4, 0.5) is 0 Å². The van der Waals surface area contributed by atoms with Crippen LogP contribution in [0.15, 0.2) is 33.2 Å². The van der Waals surface area contributed by atoms with Gasteiger partial charge in [0.2, 0.25) is 0 Å². The zero-order valence-electron chi connectivity index (χ0n) is 11.5. The number of hydrogen-bond donors (Lipinski definition) is 1. The third-order valence-electron chi connectivity index (χ3n) is 2.86. The Bertz CT molecular complexity index is 560. The van der Waals surface area contributed by atoms with Gasteiger partial charge in [-0.15, -0.1) is 11.3 Å². The fraction of sp³-hybridized carbons (Fsp3) is 0.333. The zero-order valence-corrected chi connectivity index (χ0v) is 15.5. The number of hydrogen-bond acceptors (Lipinski definition) is 3. The van der Waals surface area contributed by atoms with Gasteiger partial charge >= 0.3 is 0 Å². The lowest BCUT2D eigenvalue weighted by atomic mass is 10.2. The maximum absolute atomic E-state index is 5.94. The molecule has 0 radical (unpaired) electrons. The van der Waals surface area contributed by atoms with Crippen molar-refractivity contribution in [3.8, 4) is 5.75 Å². The van der Waals surface area contributed by atoms with E-state index in [2.05, 4.69) is 68.4 Å². The molecule has 0 unspecified atom stereocenters. The zero-order chi connectivity index (χ0) is 14.5. The Morgan fingerprint density at radius 2 is 1.80 bits per heavy atom. The highest BCUT2D eigenvalue weighted by molar-refractivity contribution is 9.11. The van der Waals surface area contributed by atoms with Crippen molar-refractivity contribution < 1.29 is 4.74 Å². The van der Waals surface area contributed by atoms with Gasteiger partial charge in [0.15, 0.2) is 0 Å². The van der Waals surface area contributed by atoms with Crippen LogP contribution in [0.3, 0.4) is 0 Å². The molecular weight excluding hydrogens is 402 g/mol. The third-order valence-corrected chi connectivity index (χ3v) is 5.24. The number of rotatable bonds is 6. The maximum atomic E-state index is 5.94. The summed E-state index contributed by atoms with van der Waals surface area (Å²) in [7, 11) is 1.94. The fourth-order valence-corrected chi connectivity index (χ4v) is 4.27. The molecule has 0 aliphatic heterocycles. The number of halogens is 2. The fourth-order valence-electron chi connectivity index (χ4n) is 1.89. The molecule has 0 bridgehead atoms. The van der Waals surface area contributed by atoms with Gasteiger partial charge in [-0.2, -0.15) is 0 Å². The van der Waals surface area contributed by atoms with Crippen molar-refractivity contribution in [1.82, 2.24) is 5.32 Å². The highest BCUT2D eigenvalue weighted by Crippen LogP contribution is 2.35. The van der Waals surface area contributed by atoms with Crippen LogP contribution in [0.5, 0.6) is 5.75 Å². The Morgan fingerprint density at radius 3 is 2.35 bits per heavy atom. The van der Waals surface area contributed by atoms with E-state index in [1.54, 1.807) is 0 Å². The number of ether oxygens (including phenoxy) is 1. The average molecular weight is 419 g/mol. The van der Waals surface area contributed by atoms with Gasteiger partial charge in [0, 0.05) is 16.3 Å². The van der Waals surface area contributed by atoms with E-state index in [0.29, 0.717) is 6.61 Å². The average Bonchev–Trinajstić information content (AvgIpc) is 2.86. The van der Waals surface area contributed by atoms with Crippen molar-refractivity contribution in [3.05, 3.63) is 48.5 Å². The van der Waals surface area contributed by atoms with Gasteiger partial charge in [0.25, 0.3) is 0 Å². The Kier molecular flexibility index (Phi) is 6.08. The smallest absolute Gasteiger partial charge is 0.148 e. The summed E-state index contributed by atoms with van der Waals surface area (Å²) in [5.74, 6) is 0.858. The van der Waals surface area contributed by atoms with Crippen LogP contribution in [0, 0.1) is 0 Å². The van der Waals surface area contributed by atoms with E-state index in [9.17, 15) is 0 Å². The molecule has 1 heterocycles. The second kappa shape index (κ2) is 7.59. The standard InChI is InChI=1S/C15H17Br2NOS/c1-3-11-4-5-12(20-11)9-19-15-13(16)6-10(8-18-2)7-14(15)17/h4-7,18H,3,8-9H2,1-2H3. The first kappa shape index (κ1) is 16.0. The quantitative estimate of drug-likeness (QED) is 0.701. The number of aryl methyl sites for hydroxylation is 1. The molecule has 0 atom stereocenters. The summed E-state index contributed by atoms with van der Waals surface area (Å²) in [5.41, 5.74) is 1.21. The molecule has 0 saturated heterocycles. The van der Waals surface area contributed by atoms with Crippen LogP contribution in [-0.2, 0) is 19.6 Å². The van der Waals surface area contributed by atoms with Crippen LogP contribution < -0.4 is 10.1 Å². The summed E-state index contributed by atoms with van der Waals surface area (Å²) in [6, 6.07) is 8.48. The second-order valence-corrected chi connectivity index (χ2v) is 7.39. The summed E-state index contributed by atoms with van der Waals surface area (Å²) in [6.07, 6.45) is 1.08. The van der Waals surface area contributed by atoms with E-state index in [1.165, 1.54) is 15.3 Å². The topological polar surface area (TPSA) is 21.3 Å². The van der Waals surface area contributed by atoms with Crippen LogP contribution in [0.25, 0.3) is 0 Å². The number of benzene rings is 1. The molecule has 5 heteroatoms. The largest absolute Gasteiger partial charge is 0.486 e. The molecule has 1 aromatic heterocycles. The second-order valence-electron chi connectivity index (χ2n) is 4.43. The highest BCUT2D eigenvalue weighted by atomic mass is 79.9. The molecule has 20 heavy (non-hydrogen) atoms. The van der Waals surface area contributed by atoms with E-state index in [1.807, 2.05) is 18.4 Å². The van der Waals surface area contributed by atoms with E-state index in [-0.39, 0.29) is 0 Å². The van der Waals surface area contributed by atoms with E-state index < -0.39 is 0 Å². The Balaban J connectivity index is 2.09. The van der Waals surface area contributed by atoms with Gasteiger partial charge in [0.05, 0.1) is 8.95 Å². The van der Waals surface area contributed by atoms with Crippen LogP contribution in [0.1, 0.15) is 22.2 Å². The predicted octanol–water partition coefficient (Wildman–Crippen LogP) is 5.13. The summed E-state index contributed by atoms with van der Waals surface area (Å²) < 4.78 is 7.89. The lowest BCUT2D eigenvalue weighted by Gasteiger charge is -2.11. The molecule has 0 saturated carbocycles. The third kappa shape index (κ3) is 4.07. The molecule has 0 spiro atoms. The molecule has 2 aromatic rings. The minimum absolute atomic E-state index is 0.604. The Labute approximate surface area is 140 Å². The molecule has 0 aliphatic carbocycles. The van der Waals surface area contributed by atoms with Gasteiger partial charge in [-0.3, -0.25) is 0 Å². The van der Waals surface area contributed by atoms with E-state index in [4.69, 9.17) is 4.74 Å². The van der Waals surface area contributed by atoms with Crippen LogP contribution in [0.2, 0.25) is 0 Å². The van der Waals surface area contributed by atoms with Crippen LogP contribution in [-0.4, -0.2) is 7.05 Å². The Hall–Kier alpha value is -0.360. The summed E-state index contributed by atoms with van der Waals surface area (Å²) in [4.78, 5) is 2.64. The van der Waals surface area contributed by atoms with Crippen molar-refractivity contribution in [3.63, 3.8) is 0 Å². The minimum atomic E-state index is 0.604. The van der Waals surface area contributed by atoms with Crippen molar-refractivity contribution >= 4 is 43.2 Å². The molecule has 0 amide bonds. The monoisotopic (exact) mass is 417 g/mol. The Morgan fingerprint density at radius 1 is 1.15 bits per heavy atom. The molecule has 1 N–H and O–H groups in total. The predicted molar refractivity (Wildman–Crippen MR) is 92.6 cm³/mol. The maximum Gasteiger partial charge on any atom is 0.148 e.